The molecule has 0 aromatic heterocycles. The quantitative estimate of drug-likeness (QED) is 0.627. The fourth-order valence-electron chi connectivity index (χ4n) is 0.506. The van der Waals surface area contributed by atoms with Crippen molar-refractivity contribution in [2.45, 2.75) is 13.3 Å². The predicted octanol–water partition coefficient (Wildman–Crippen LogP) is 1.52. The molecule has 0 unspecified atom stereocenters. The maximum absolute atomic E-state index is 10.2. The average molecular weight is 129 g/mol. The van der Waals surface area contributed by atoms with Crippen molar-refractivity contribution in [1.29, 1.82) is 0 Å². The van der Waals surface area contributed by atoms with Gasteiger partial charge in [-0.25, -0.2) is 4.79 Å². The first-order chi connectivity index (χ1) is 4.22. The standard InChI is InChI=1S/C6H11NO2/c1-3-5-7(4-2)6(8)9/h4H,2-3,5H2,1H3,(H,8,9). The van der Waals surface area contributed by atoms with E-state index in [-0.39, 0.29) is 0 Å². The Kier molecular flexibility index (Phi) is 3.51. The predicted molar refractivity (Wildman–Crippen MR) is 35.2 cm³/mol. The molecular weight excluding hydrogens is 118 g/mol. The molecular formula is C6H11NO2. The van der Waals surface area contributed by atoms with Gasteiger partial charge in [0.05, 0.1) is 0 Å². The molecule has 0 spiro atoms. The van der Waals surface area contributed by atoms with E-state index in [0.29, 0.717) is 6.54 Å². The summed E-state index contributed by atoms with van der Waals surface area (Å²) in [5.74, 6) is 0. The maximum atomic E-state index is 10.2. The van der Waals surface area contributed by atoms with E-state index in [1.165, 1.54) is 6.20 Å². The van der Waals surface area contributed by atoms with Gasteiger partial charge in [-0.3, -0.25) is 4.90 Å². The first kappa shape index (κ1) is 8.01. The zero-order valence-corrected chi connectivity index (χ0v) is 5.50. The lowest BCUT2D eigenvalue weighted by molar-refractivity contribution is 0.163. The van der Waals surface area contributed by atoms with E-state index >= 15 is 0 Å². The van der Waals surface area contributed by atoms with Gasteiger partial charge in [0.15, 0.2) is 0 Å². The van der Waals surface area contributed by atoms with Crippen molar-refractivity contribution in [2.24, 2.45) is 0 Å². The van der Waals surface area contributed by atoms with Crippen molar-refractivity contribution in [1.82, 2.24) is 4.90 Å². The van der Waals surface area contributed by atoms with Gasteiger partial charge in [0.1, 0.15) is 0 Å². The van der Waals surface area contributed by atoms with Crippen LogP contribution in [0.2, 0.25) is 0 Å². The monoisotopic (exact) mass is 129 g/mol. The van der Waals surface area contributed by atoms with E-state index in [9.17, 15) is 4.79 Å². The minimum atomic E-state index is -0.938. The van der Waals surface area contributed by atoms with Crippen molar-refractivity contribution in [3.8, 4) is 0 Å². The van der Waals surface area contributed by atoms with E-state index in [4.69, 9.17) is 5.11 Å². The maximum Gasteiger partial charge on any atom is 0.411 e. The minimum absolute atomic E-state index is 0.527. The van der Waals surface area contributed by atoms with Gasteiger partial charge in [-0.1, -0.05) is 13.5 Å². The number of hydrogen-bond acceptors (Lipinski definition) is 1. The van der Waals surface area contributed by atoms with Crippen LogP contribution in [0, 0.1) is 0 Å². The van der Waals surface area contributed by atoms with Crippen LogP contribution in [0.1, 0.15) is 13.3 Å². The normalized spacial score (nSPS) is 8.56. The topological polar surface area (TPSA) is 40.5 Å². The lowest BCUT2D eigenvalue weighted by Crippen LogP contribution is -2.23. The zero-order chi connectivity index (χ0) is 7.28. The Hall–Kier alpha value is -0.990. The average Bonchev–Trinajstić information content (AvgIpc) is 1.82. The Morgan fingerprint density at radius 1 is 1.89 bits per heavy atom. The lowest BCUT2D eigenvalue weighted by atomic mass is 10.4. The summed E-state index contributed by atoms with van der Waals surface area (Å²) >= 11 is 0. The van der Waals surface area contributed by atoms with Gasteiger partial charge in [-0.15, -0.1) is 0 Å². The number of rotatable bonds is 3. The molecule has 0 aromatic rings. The fourth-order valence-corrected chi connectivity index (χ4v) is 0.506. The highest BCUT2D eigenvalue weighted by Crippen LogP contribution is 1.90. The molecule has 0 radical (unpaired) electrons. The summed E-state index contributed by atoms with van der Waals surface area (Å²) in [6.45, 7) is 5.79. The van der Waals surface area contributed by atoms with E-state index < -0.39 is 6.09 Å². The number of carbonyl (C=O) groups is 1. The summed E-state index contributed by atoms with van der Waals surface area (Å²) in [6, 6.07) is 0. The van der Waals surface area contributed by atoms with Crippen LogP contribution in [0.4, 0.5) is 4.79 Å². The van der Waals surface area contributed by atoms with Crippen LogP contribution < -0.4 is 0 Å². The molecule has 0 aromatic carbocycles. The Balaban J connectivity index is 3.68. The summed E-state index contributed by atoms with van der Waals surface area (Å²) in [4.78, 5) is 11.3. The van der Waals surface area contributed by atoms with Crippen molar-refractivity contribution in [3.63, 3.8) is 0 Å². The third-order valence-electron chi connectivity index (χ3n) is 0.931. The molecule has 3 heteroatoms. The van der Waals surface area contributed by atoms with E-state index in [2.05, 4.69) is 6.58 Å². The molecule has 3 nitrogen and oxygen atoms in total. The molecule has 0 rings (SSSR count). The van der Waals surface area contributed by atoms with Crippen LogP contribution in [-0.4, -0.2) is 22.6 Å². The molecule has 0 saturated heterocycles. The van der Waals surface area contributed by atoms with Crippen LogP contribution in [0.15, 0.2) is 12.8 Å². The number of carboxylic acid groups (broad SMARTS) is 1. The van der Waals surface area contributed by atoms with Gasteiger partial charge in [-0.05, 0) is 6.42 Å². The first-order valence-electron chi connectivity index (χ1n) is 2.84. The van der Waals surface area contributed by atoms with Crippen molar-refractivity contribution in [2.75, 3.05) is 6.54 Å². The highest BCUT2D eigenvalue weighted by atomic mass is 16.4. The second-order valence-corrected chi connectivity index (χ2v) is 1.66. The van der Waals surface area contributed by atoms with Crippen molar-refractivity contribution in [3.05, 3.63) is 12.8 Å². The molecule has 0 aliphatic rings. The molecule has 9 heavy (non-hydrogen) atoms. The fraction of sp³-hybridized carbons (Fsp3) is 0.500. The molecule has 0 saturated carbocycles. The Labute approximate surface area is 54.6 Å². The molecule has 52 valence electrons. The van der Waals surface area contributed by atoms with Crippen molar-refractivity contribution >= 4 is 6.09 Å². The molecule has 0 bridgehead atoms. The lowest BCUT2D eigenvalue weighted by Gasteiger charge is -2.10. The van der Waals surface area contributed by atoms with Gasteiger partial charge >= 0.3 is 6.09 Å². The van der Waals surface area contributed by atoms with Gasteiger partial charge in [0.25, 0.3) is 0 Å². The van der Waals surface area contributed by atoms with Crippen LogP contribution in [0.3, 0.4) is 0 Å². The first-order valence-corrected chi connectivity index (χ1v) is 2.84. The Bertz CT molecular complexity index is 112. The van der Waals surface area contributed by atoms with Gasteiger partial charge in [0.2, 0.25) is 0 Å². The Morgan fingerprint density at radius 2 is 2.44 bits per heavy atom. The molecule has 0 aliphatic heterocycles. The van der Waals surface area contributed by atoms with Gasteiger partial charge in [0, 0.05) is 12.7 Å². The Morgan fingerprint density at radius 3 is 2.56 bits per heavy atom. The van der Waals surface area contributed by atoms with Crippen LogP contribution in [0.5, 0.6) is 0 Å². The summed E-state index contributed by atoms with van der Waals surface area (Å²) < 4.78 is 0. The molecule has 0 fully saturated rings. The molecule has 1 amide bonds. The second kappa shape index (κ2) is 3.95. The number of amides is 1. The molecule has 0 heterocycles. The van der Waals surface area contributed by atoms with E-state index in [0.717, 1.165) is 11.3 Å². The van der Waals surface area contributed by atoms with Crippen LogP contribution in [-0.2, 0) is 0 Å². The SMILES string of the molecule is C=CN(CCC)C(=O)O. The van der Waals surface area contributed by atoms with Crippen molar-refractivity contribution < 1.29 is 9.90 Å². The van der Waals surface area contributed by atoms with E-state index in [1.807, 2.05) is 6.92 Å². The zero-order valence-electron chi connectivity index (χ0n) is 5.50. The highest BCUT2D eigenvalue weighted by Gasteiger charge is 2.03. The summed E-state index contributed by atoms with van der Waals surface area (Å²) in [5, 5.41) is 8.36. The second-order valence-electron chi connectivity index (χ2n) is 1.66. The molecule has 0 atom stereocenters. The van der Waals surface area contributed by atoms with Gasteiger partial charge < -0.3 is 5.11 Å². The molecule has 1 N–H and O–H groups in total. The molecule has 0 aliphatic carbocycles. The third-order valence-corrected chi connectivity index (χ3v) is 0.931. The summed E-state index contributed by atoms with van der Waals surface area (Å²) in [6.07, 6.45) is 1.19. The summed E-state index contributed by atoms with van der Waals surface area (Å²) in [7, 11) is 0. The number of hydrogen-bond donors (Lipinski definition) is 1. The smallest absolute Gasteiger partial charge is 0.411 e. The highest BCUT2D eigenvalue weighted by molar-refractivity contribution is 5.66. The third kappa shape index (κ3) is 2.74. The van der Waals surface area contributed by atoms with Crippen LogP contribution >= 0.6 is 0 Å². The number of nitrogens with zero attached hydrogens (tertiary/aromatic N) is 1. The minimum Gasteiger partial charge on any atom is -0.465 e. The van der Waals surface area contributed by atoms with Gasteiger partial charge in [-0.2, -0.15) is 0 Å². The van der Waals surface area contributed by atoms with Crippen LogP contribution in [0.25, 0.3) is 0 Å². The largest absolute Gasteiger partial charge is 0.465 e. The summed E-state index contributed by atoms with van der Waals surface area (Å²) in [5.41, 5.74) is 0. The van der Waals surface area contributed by atoms with E-state index in [1.54, 1.807) is 0 Å².